The van der Waals surface area contributed by atoms with Crippen LogP contribution in [0.1, 0.15) is 24.0 Å². The van der Waals surface area contributed by atoms with Crippen molar-refractivity contribution < 1.29 is 8.42 Å². The Bertz CT molecular complexity index is 719. The molecular weight excluding hydrogens is 294 g/mol. The van der Waals surface area contributed by atoms with E-state index in [1.165, 1.54) is 0 Å². The van der Waals surface area contributed by atoms with Gasteiger partial charge in [0.2, 0.25) is 10.0 Å². The summed E-state index contributed by atoms with van der Waals surface area (Å²) < 4.78 is 26.9. The van der Waals surface area contributed by atoms with Gasteiger partial charge in [-0.15, -0.1) is 0 Å². The lowest BCUT2D eigenvalue weighted by atomic mass is 10.0. The van der Waals surface area contributed by atoms with Crippen molar-refractivity contribution in [1.82, 2.24) is 4.72 Å². The van der Waals surface area contributed by atoms with Crippen LogP contribution in [0.25, 0.3) is 5.57 Å². The third-order valence-electron chi connectivity index (χ3n) is 3.46. The Hall–Kier alpha value is -1.91. The average molecular weight is 315 g/mol. The van der Waals surface area contributed by atoms with Gasteiger partial charge in [-0.1, -0.05) is 54.6 Å². The van der Waals surface area contributed by atoms with Crippen molar-refractivity contribution in [2.24, 2.45) is 0 Å². The number of rotatable bonds is 7. The first-order chi connectivity index (χ1) is 10.5. The number of aryl methyl sites for hydroxylation is 1. The van der Waals surface area contributed by atoms with Crippen LogP contribution in [0.2, 0.25) is 0 Å². The Morgan fingerprint density at radius 1 is 1.05 bits per heavy atom. The molecule has 2 rings (SSSR count). The van der Waals surface area contributed by atoms with Crippen LogP contribution in [0, 0.1) is 6.92 Å². The van der Waals surface area contributed by atoms with Crippen molar-refractivity contribution in [3.63, 3.8) is 0 Å². The van der Waals surface area contributed by atoms with Crippen molar-refractivity contribution in [3.8, 4) is 0 Å². The Balaban J connectivity index is 1.83. The van der Waals surface area contributed by atoms with Gasteiger partial charge in [-0.25, -0.2) is 13.1 Å². The van der Waals surface area contributed by atoms with Gasteiger partial charge in [0.05, 0.1) is 4.90 Å². The molecule has 0 saturated carbocycles. The average Bonchev–Trinajstić information content (AvgIpc) is 2.52. The lowest BCUT2D eigenvalue weighted by Gasteiger charge is -2.08. The molecule has 2 aromatic rings. The molecule has 2 aromatic carbocycles. The minimum atomic E-state index is -3.42. The summed E-state index contributed by atoms with van der Waals surface area (Å²) in [5.74, 6) is 0. The maximum Gasteiger partial charge on any atom is 0.240 e. The van der Waals surface area contributed by atoms with Gasteiger partial charge in [0.15, 0.2) is 0 Å². The summed E-state index contributed by atoms with van der Waals surface area (Å²) >= 11 is 0. The van der Waals surface area contributed by atoms with E-state index in [4.69, 9.17) is 0 Å². The highest BCUT2D eigenvalue weighted by Crippen LogP contribution is 2.17. The number of hydrogen-bond donors (Lipinski definition) is 1. The number of sulfonamides is 1. The molecule has 22 heavy (non-hydrogen) atoms. The van der Waals surface area contributed by atoms with E-state index in [0.717, 1.165) is 29.5 Å². The fourth-order valence-corrected chi connectivity index (χ4v) is 3.20. The van der Waals surface area contributed by atoms with Crippen LogP contribution >= 0.6 is 0 Å². The zero-order valence-electron chi connectivity index (χ0n) is 12.7. The first-order valence-corrected chi connectivity index (χ1v) is 8.77. The number of allylic oxidation sites excluding steroid dienone is 1. The highest BCUT2D eigenvalue weighted by atomic mass is 32.2. The summed E-state index contributed by atoms with van der Waals surface area (Å²) in [5.41, 5.74) is 3.16. The second-order valence-electron chi connectivity index (χ2n) is 5.28. The van der Waals surface area contributed by atoms with Crippen LogP contribution in [0.5, 0.6) is 0 Å². The van der Waals surface area contributed by atoms with Crippen molar-refractivity contribution >= 4 is 15.6 Å². The SMILES string of the molecule is C=C(CCCNS(=O)(=O)c1ccc(C)cc1)c1ccccc1. The highest BCUT2D eigenvalue weighted by molar-refractivity contribution is 7.89. The zero-order valence-corrected chi connectivity index (χ0v) is 13.6. The van der Waals surface area contributed by atoms with E-state index >= 15 is 0 Å². The fourth-order valence-electron chi connectivity index (χ4n) is 2.13. The van der Waals surface area contributed by atoms with Crippen molar-refractivity contribution in [2.75, 3.05) is 6.54 Å². The van der Waals surface area contributed by atoms with Crippen LogP contribution in [-0.4, -0.2) is 15.0 Å². The smallest absolute Gasteiger partial charge is 0.211 e. The highest BCUT2D eigenvalue weighted by Gasteiger charge is 2.12. The van der Waals surface area contributed by atoms with Crippen molar-refractivity contribution in [3.05, 3.63) is 72.3 Å². The van der Waals surface area contributed by atoms with Gasteiger partial charge in [0.1, 0.15) is 0 Å². The van der Waals surface area contributed by atoms with E-state index < -0.39 is 10.0 Å². The topological polar surface area (TPSA) is 46.2 Å². The molecule has 0 bridgehead atoms. The van der Waals surface area contributed by atoms with Crippen LogP contribution in [0.3, 0.4) is 0 Å². The van der Waals surface area contributed by atoms with E-state index in [0.29, 0.717) is 11.4 Å². The molecular formula is C18H21NO2S. The van der Waals surface area contributed by atoms with Gasteiger partial charge in [0, 0.05) is 6.54 Å². The Labute approximate surface area is 132 Å². The molecule has 116 valence electrons. The second-order valence-corrected chi connectivity index (χ2v) is 7.05. The first kappa shape index (κ1) is 16.5. The molecule has 0 heterocycles. The summed E-state index contributed by atoms with van der Waals surface area (Å²) in [6, 6.07) is 16.8. The molecule has 0 unspecified atom stereocenters. The lowest BCUT2D eigenvalue weighted by molar-refractivity contribution is 0.579. The predicted octanol–water partition coefficient (Wildman–Crippen LogP) is 3.77. The molecule has 0 fully saturated rings. The van der Waals surface area contributed by atoms with Gasteiger partial charge in [-0.05, 0) is 43.0 Å². The summed E-state index contributed by atoms with van der Waals surface area (Å²) in [6.07, 6.45) is 1.49. The Morgan fingerprint density at radius 2 is 1.68 bits per heavy atom. The predicted molar refractivity (Wildman–Crippen MR) is 91.1 cm³/mol. The molecule has 0 atom stereocenters. The molecule has 0 radical (unpaired) electrons. The fraction of sp³-hybridized carbons (Fsp3) is 0.222. The summed E-state index contributed by atoms with van der Waals surface area (Å²) in [6.45, 7) is 6.38. The first-order valence-electron chi connectivity index (χ1n) is 7.28. The van der Waals surface area contributed by atoms with Gasteiger partial charge in [0.25, 0.3) is 0 Å². The summed E-state index contributed by atoms with van der Waals surface area (Å²) in [5, 5.41) is 0. The van der Waals surface area contributed by atoms with Crippen LogP contribution in [0.15, 0.2) is 66.1 Å². The van der Waals surface area contributed by atoms with Crippen LogP contribution in [-0.2, 0) is 10.0 Å². The molecule has 0 aliphatic carbocycles. The molecule has 4 heteroatoms. The molecule has 0 aliphatic heterocycles. The quantitative estimate of drug-likeness (QED) is 0.791. The summed E-state index contributed by atoms with van der Waals surface area (Å²) in [4.78, 5) is 0.306. The van der Waals surface area contributed by atoms with Crippen LogP contribution in [0.4, 0.5) is 0 Å². The zero-order chi connectivity index (χ0) is 16.0. The molecule has 0 aromatic heterocycles. The Morgan fingerprint density at radius 3 is 2.32 bits per heavy atom. The van der Waals surface area contributed by atoms with E-state index in [9.17, 15) is 8.42 Å². The maximum absolute atomic E-state index is 12.1. The number of nitrogens with one attached hydrogen (secondary N) is 1. The third kappa shape index (κ3) is 4.55. The summed E-state index contributed by atoms with van der Waals surface area (Å²) in [7, 11) is -3.42. The molecule has 0 aliphatic rings. The molecule has 1 N–H and O–H groups in total. The Kier molecular flexibility index (Phi) is 5.52. The normalized spacial score (nSPS) is 11.3. The van der Waals surface area contributed by atoms with Crippen LogP contribution < -0.4 is 4.72 Å². The van der Waals surface area contributed by atoms with E-state index in [1.54, 1.807) is 24.3 Å². The number of hydrogen-bond acceptors (Lipinski definition) is 2. The van der Waals surface area contributed by atoms with Gasteiger partial charge < -0.3 is 0 Å². The van der Waals surface area contributed by atoms with E-state index in [1.807, 2.05) is 37.3 Å². The van der Waals surface area contributed by atoms with Gasteiger partial charge in [-0.2, -0.15) is 0 Å². The largest absolute Gasteiger partial charge is 0.240 e. The van der Waals surface area contributed by atoms with Crippen molar-refractivity contribution in [2.45, 2.75) is 24.7 Å². The molecule has 0 saturated heterocycles. The third-order valence-corrected chi connectivity index (χ3v) is 4.94. The van der Waals surface area contributed by atoms with Crippen molar-refractivity contribution in [1.29, 1.82) is 0 Å². The minimum absolute atomic E-state index is 0.306. The lowest BCUT2D eigenvalue weighted by Crippen LogP contribution is -2.24. The minimum Gasteiger partial charge on any atom is -0.211 e. The van der Waals surface area contributed by atoms with E-state index in [-0.39, 0.29) is 0 Å². The monoisotopic (exact) mass is 315 g/mol. The number of benzene rings is 2. The molecule has 3 nitrogen and oxygen atoms in total. The molecule has 0 spiro atoms. The molecule has 0 amide bonds. The van der Waals surface area contributed by atoms with Gasteiger partial charge >= 0.3 is 0 Å². The second kappa shape index (κ2) is 7.38. The standard InChI is InChI=1S/C18H21NO2S/c1-15-10-12-18(13-11-15)22(20,21)19-14-6-7-16(2)17-8-4-3-5-9-17/h3-5,8-13,19H,2,6-7,14H2,1H3. The van der Waals surface area contributed by atoms with Gasteiger partial charge in [-0.3, -0.25) is 0 Å². The van der Waals surface area contributed by atoms with E-state index in [2.05, 4.69) is 11.3 Å². The maximum atomic E-state index is 12.1.